The summed E-state index contributed by atoms with van der Waals surface area (Å²) in [5.74, 6) is -3.11. The normalized spacial score (nSPS) is 27.9. The van der Waals surface area contributed by atoms with Crippen molar-refractivity contribution in [3.63, 3.8) is 0 Å². The molecule has 1 unspecified atom stereocenters. The van der Waals surface area contributed by atoms with Gasteiger partial charge in [0.25, 0.3) is 5.92 Å². The average molecular weight is 237 g/mol. The first-order valence-corrected chi connectivity index (χ1v) is 4.51. The highest BCUT2D eigenvalue weighted by Crippen LogP contribution is 2.57. The molecular weight excluding hydrogens is 229 g/mol. The van der Waals surface area contributed by atoms with Gasteiger partial charge < -0.3 is 5.73 Å². The van der Waals surface area contributed by atoms with Crippen molar-refractivity contribution in [2.24, 2.45) is 5.73 Å². The lowest BCUT2D eigenvalue weighted by molar-refractivity contribution is -0.137. The average Bonchev–Trinajstić information content (AvgIpc) is 2.66. The Hall–Kier alpha value is -1.17. The van der Waals surface area contributed by atoms with Gasteiger partial charge in [0, 0.05) is 6.42 Å². The van der Waals surface area contributed by atoms with E-state index in [1.54, 1.807) is 0 Å². The molecule has 1 aliphatic rings. The SMILES string of the molecule is NC1(c2cccc(C(F)(F)F)c2)CC1(F)F. The van der Waals surface area contributed by atoms with Crippen LogP contribution in [0.5, 0.6) is 0 Å². The van der Waals surface area contributed by atoms with Gasteiger partial charge >= 0.3 is 6.18 Å². The lowest BCUT2D eigenvalue weighted by Crippen LogP contribution is -2.27. The molecule has 88 valence electrons. The number of alkyl halides is 5. The van der Waals surface area contributed by atoms with Gasteiger partial charge in [0.05, 0.1) is 5.56 Å². The number of hydrogen-bond acceptors (Lipinski definition) is 1. The van der Waals surface area contributed by atoms with Crippen LogP contribution in [0, 0.1) is 0 Å². The first-order chi connectivity index (χ1) is 7.17. The summed E-state index contributed by atoms with van der Waals surface area (Å²) in [5.41, 5.74) is 2.27. The molecule has 0 heterocycles. The third-order valence-electron chi connectivity index (χ3n) is 2.73. The lowest BCUT2D eigenvalue weighted by Gasteiger charge is -2.13. The molecule has 0 saturated heterocycles. The summed E-state index contributed by atoms with van der Waals surface area (Å²) in [6, 6.07) is 3.78. The molecule has 2 rings (SSSR count). The summed E-state index contributed by atoms with van der Waals surface area (Å²) in [7, 11) is 0. The van der Waals surface area contributed by atoms with Crippen molar-refractivity contribution in [3.8, 4) is 0 Å². The first kappa shape index (κ1) is 11.3. The lowest BCUT2D eigenvalue weighted by atomic mass is 10.0. The Morgan fingerprint density at radius 1 is 1.19 bits per heavy atom. The third kappa shape index (κ3) is 1.57. The Kier molecular flexibility index (Phi) is 2.08. The second kappa shape index (κ2) is 2.94. The van der Waals surface area contributed by atoms with E-state index in [9.17, 15) is 22.0 Å². The van der Waals surface area contributed by atoms with Gasteiger partial charge in [-0.2, -0.15) is 13.2 Å². The summed E-state index contributed by atoms with van der Waals surface area (Å²) < 4.78 is 62.8. The fourth-order valence-corrected chi connectivity index (χ4v) is 1.59. The van der Waals surface area contributed by atoms with E-state index in [2.05, 4.69) is 0 Å². The van der Waals surface area contributed by atoms with Crippen molar-refractivity contribution in [1.29, 1.82) is 0 Å². The quantitative estimate of drug-likeness (QED) is 0.747. The van der Waals surface area contributed by atoms with E-state index in [1.807, 2.05) is 0 Å². The predicted octanol–water partition coefficient (Wildman–Crippen LogP) is 2.90. The number of hydrogen-bond donors (Lipinski definition) is 1. The first-order valence-electron chi connectivity index (χ1n) is 4.51. The maximum Gasteiger partial charge on any atom is 0.416 e. The van der Waals surface area contributed by atoms with Gasteiger partial charge in [0.2, 0.25) is 0 Å². The molecule has 1 aromatic carbocycles. The molecule has 2 N–H and O–H groups in total. The van der Waals surface area contributed by atoms with Crippen molar-refractivity contribution in [2.45, 2.75) is 24.1 Å². The molecule has 0 radical (unpaired) electrons. The smallest absolute Gasteiger partial charge is 0.316 e. The fourth-order valence-electron chi connectivity index (χ4n) is 1.59. The maximum atomic E-state index is 12.9. The zero-order valence-electron chi connectivity index (χ0n) is 7.98. The Bertz CT molecular complexity index is 425. The largest absolute Gasteiger partial charge is 0.416 e. The molecule has 16 heavy (non-hydrogen) atoms. The van der Waals surface area contributed by atoms with Gasteiger partial charge in [-0.1, -0.05) is 12.1 Å². The summed E-state index contributed by atoms with van der Waals surface area (Å²) in [6.07, 6.45) is -5.15. The Morgan fingerprint density at radius 2 is 1.75 bits per heavy atom. The molecule has 0 aromatic heterocycles. The van der Waals surface area contributed by atoms with Crippen LogP contribution < -0.4 is 5.73 Å². The highest BCUT2D eigenvalue weighted by molar-refractivity contribution is 5.38. The molecule has 1 fully saturated rings. The summed E-state index contributed by atoms with van der Waals surface area (Å²) in [5, 5.41) is 0. The minimum absolute atomic E-state index is 0.174. The zero-order valence-corrected chi connectivity index (χ0v) is 7.98. The monoisotopic (exact) mass is 237 g/mol. The molecule has 1 nitrogen and oxygen atoms in total. The highest BCUT2D eigenvalue weighted by Gasteiger charge is 2.70. The summed E-state index contributed by atoms with van der Waals surface area (Å²) in [4.78, 5) is 0. The van der Waals surface area contributed by atoms with Gasteiger partial charge in [-0.05, 0) is 17.7 Å². The van der Waals surface area contributed by atoms with E-state index in [0.717, 1.165) is 12.1 Å². The molecule has 0 bridgehead atoms. The van der Waals surface area contributed by atoms with Crippen LogP contribution in [0.1, 0.15) is 17.5 Å². The van der Waals surface area contributed by atoms with E-state index in [4.69, 9.17) is 5.73 Å². The molecule has 1 saturated carbocycles. The van der Waals surface area contributed by atoms with E-state index < -0.39 is 29.6 Å². The van der Waals surface area contributed by atoms with Gasteiger partial charge in [0.1, 0.15) is 5.54 Å². The maximum absolute atomic E-state index is 12.9. The van der Waals surface area contributed by atoms with Crippen LogP contribution in [0.2, 0.25) is 0 Å². The highest BCUT2D eigenvalue weighted by atomic mass is 19.4. The molecule has 1 aliphatic carbocycles. The fraction of sp³-hybridized carbons (Fsp3) is 0.400. The molecule has 1 aromatic rings. The van der Waals surface area contributed by atoms with Gasteiger partial charge in [0.15, 0.2) is 0 Å². The number of halogens is 5. The van der Waals surface area contributed by atoms with Crippen LogP contribution in [0.15, 0.2) is 24.3 Å². The van der Waals surface area contributed by atoms with Crippen molar-refractivity contribution < 1.29 is 22.0 Å². The molecule has 0 spiro atoms. The minimum atomic E-state index is -4.55. The van der Waals surface area contributed by atoms with Crippen molar-refractivity contribution >= 4 is 0 Å². The van der Waals surface area contributed by atoms with Gasteiger partial charge in [-0.25, -0.2) is 8.78 Å². The number of rotatable bonds is 1. The number of nitrogens with two attached hydrogens (primary N) is 1. The number of benzene rings is 1. The Labute approximate surface area is 88.1 Å². The predicted molar refractivity (Wildman–Crippen MR) is 46.9 cm³/mol. The van der Waals surface area contributed by atoms with Crippen LogP contribution in [-0.4, -0.2) is 5.92 Å². The van der Waals surface area contributed by atoms with Crippen molar-refractivity contribution in [2.75, 3.05) is 0 Å². The molecule has 6 heteroatoms. The van der Waals surface area contributed by atoms with E-state index in [-0.39, 0.29) is 5.56 Å². The molecule has 1 atom stereocenters. The standard InChI is InChI=1S/C10H8F5N/c11-9(12)5-8(9,16)6-2-1-3-7(4-6)10(13,14)15/h1-4H,5,16H2. The van der Waals surface area contributed by atoms with Crippen LogP contribution in [-0.2, 0) is 11.7 Å². The van der Waals surface area contributed by atoms with E-state index in [0.29, 0.717) is 6.07 Å². The molecule has 0 aliphatic heterocycles. The molecular formula is C10H8F5N. The summed E-state index contributed by atoms with van der Waals surface area (Å²) >= 11 is 0. The third-order valence-corrected chi connectivity index (χ3v) is 2.73. The van der Waals surface area contributed by atoms with Gasteiger partial charge in [-0.3, -0.25) is 0 Å². The summed E-state index contributed by atoms with van der Waals surface area (Å²) in [6.45, 7) is 0. The van der Waals surface area contributed by atoms with E-state index >= 15 is 0 Å². The van der Waals surface area contributed by atoms with Crippen LogP contribution >= 0.6 is 0 Å². The van der Waals surface area contributed by atoms with Crippen molar-refractivity contribution in [3.05, 3.63) is 35.4 Å². The van der Waals surface area contributed by atoms with Gasteiger partial charge in [-0.15, -0.1) is 0 Å². The second-order valence-corrected chi connectivity index (χ2v) is 3.93. The Morgan fingerprint density at radius 3 is 2.19 bits per heavy atom. The molecule has 0 amide bonds. The van der Waals surface area contributed by atoms with Crippen LogP contribution in [0.25, 0.3) is 0 Å². The van der Waals surface area contributed by atoms with E-state index in [1.165, 1.54) is 6.07 Å². The minimum Gasteiger partial charge on any atom is -0.316 e. The zero-order chi connectivity index (χ0) is 12.2. The van der Waals surface area contributed by atoms with Crippen LogP contribution in [0.3, 0.4) is 0 Å². The van der Waals surface area contributed by atoms with Crippen molar-refractivity contribution in [1.82, 2.24) is 0 Å². The second-order valence-electron chi connectivity index (χ2n) is 3.93. The van der Waals surface area contributed by atoms with Crippen LogP contribution in [0.4, 0.5) is 22.0 Å². The Balaban J connectivity index is 2.39. The topological polar surface area (TPSA) is 26.0 Å².